The molecule has 0 spiro atoms. The topological polar surface area (TPSA) is 123 Å². The van der Waals surface area contributed by atoms with Crippen LogP contribution in [0.1, 0.15) is 34.3 Å². The first kappa shape index (κ1) is 38.9. The number of ether oxygens (including phenoxy) is 2. The van der Waals surface area contributed by atoms with Gasteiger partial charge >= 0.3 is 12.1 Å². The molecular weight excluding hydrogens is 732 g/mol. The second-order valence-electron chi connectivity index (χ2n) is 13.3. The Labute approximate surface area is 316 Å². The van der Waals surface area contributed by atoms with Gasteiger partial charge in [0.1, 0.15) is 30.8 Å². The molecule has 0 unspecified atom stereocenters. The Hall–Kier alpha value is -4.30. The van der Waals surface area contributed by atoms with Gasteiger partial charge in [0, 0.05) is 61.3 Å². The summed E-state index contributed by atoms with van der Waals surface area (Å²) in [6, 6.07) is 12.3. The van der Waals surface area contributed by atoms with Gasteiger partial charge in [0.25, 0.3) is 5.91 Å². The van der Waals surface area contributed by atoms with Gasteiger partial charge in [-0.25, -0.2) is 14.0 Å². The highest BCUT2D eigenvalue weighted by Crippen LogP contribution is 2.42. The minimum atomic E-state index is -1.16. The van der Waals surface area contributed by atoms with Crippen LogP contribution in [0.3, 0.4) is 0 Å². The smallest absolute Gasteiger partial charge is 0.414 e. The van der Waals surface area contributed by atoms with E-state index in [9.17, 15) is 19.5 Å². The number of halogens is 3. The van der Waals surface area contributed by atoms with Crippen LogP contribution in [-0.4, -0.2) is 96.6 Å². The number of anilines is 1. The van der Waals surface area contributed by atoms with Crippen molar-refractivity contribution in [2.24, 2.45) is 0 Å². The van der Waals surface area contributed by atoms with E-state index in [1.54, 1.807) is 41.2 Å². The Morgan fingerprint density at radius 2 is 1.87 bits per heavy atom. The average Bonchev–Trinajstić information content (AvgIpc) is 3.56. The number of hydrogen-bond acceptors (Lipinski definition) is 7. The second-order valence-corrected chi connectivity index (χ2v) is 15.3. The monoisotopic (exact) mass is 772 g/mol. The zero-order valence-electron chi connectivity index (χ0n) is 29.3. The van der Waals surface area contributed by atoms with E-state index in [4.69, 9.17) is 32.7 Å². The van der Waals surface area contributed by atoms with Crippen molar-refractivity contribution in [1.29, 1.82) is 0 Å². The summed E-state index contributed by atoms with van der Waals surface area (Å²) in [5.74, 6) is -1.33. The van der Waals surface area contributed by atoms with E-state index < -0.39 is 29.8 Å². The van der Waals surface area contributed by atoms with Crippen molar-refractivity contribution in [3.05, 3.63) is 93.5 Å². The van der Waals surface area contributed by atoms with Crippen LogP contribution >= 0.6 is 35.0 Å². The average molecular weight is 774 g/mol. The third kappa shape index (κ3) is 9.77. The van der Waals surface area contributed by atoms with E-state index in [-0.39, 0.29) is 42.3 Å². The highest BCUT2D eigenvalue weighted by Gasteiger charge is 2.27. The van der Waals surface area contributed by atoms with Crippen molar-refractivity contribution in [3.8, 4) is 16.9 Å². The van der Waals surface area contributed by atoms with Crippen LogP contribution in [-0.2, 0) is 16.1 Å². The predicted molar refractivity (Wildman–Crippen MR) is 200 cm³/mol. The minimum Gasteiger partial charge on any atom is -0.490 e. The second kappa shape index (κ2) is 17.0. The Kier molecular flexibility index (Phi) is 12.7. The van der Waals surface area contributed by atoms with Gasteiger partial charge in [-0.1, -0.05) is 41.4 Å². The van der Waals surface area contributed by atoms with Crippen molar-refractivity contribution in [1.82, 2.24) is 15.1 Å². The molecule has 3 aromatic carbocycles. The lowest BCUT2D eigenvalue weighted by Gasteiger charge is -2.29. The molecule has 0 saturated carbocycles. The molecule has 0 bridgehead atoms. The number of hydrogen-bond donors (Lipinski definition) is 2. The number of carbonyl (C=O) groups is 3. The van der Waals surface area contributed by atoms with Crippen LogP contribution in [0.25, 0.3) is 11.1 Å². The summed E-state index contributed by atoms with van der Waals surface area (Å²) in [6.07, 6.45) is 3.74. The number of benzene rings is 3. The van der Waals surface area contributed by atoms with E-state index in [1.165, 1.54) is 10.7 Å². The fourth-order valence-electron chi connectivity index (χ4n) is 5.67. The summed E-state index contributed by atoms with van der Waals surface area (Å²) in [6.45, 7) is 3.26. The molecule has 2 N–H and O–H groups in total. The number of nitrogens with one attached hydrogen (secondary N) is 1. The SMILES string of the molecule is Cc1c(Cl)cccc1OCCOC(=O)N1CCSc2c(-c3cnn(Cc4c(F)cc(C(=O)N[C@@H](CCC[N+](C)(C)C)C(=O)O)cc4Cl)c3)cccc21. The van der Waals surface area contributed by atoms with Crippen molar-refractivity contribution in [3.63, 3.8) is 0 Å². The van der Waals surface area contributed by atoms with Crippen molar-refractivity contribution in [2.75, 3.05) is 58.1 Å². The maximum absolute atomic E-state index is 15.4. The third-order valence-corrected chi connectivity index (χ3v) is 10.3. The molecule has 1 aliphatic heterocycles. The number of carboxylic acid groups (broad SMARTS) is 1. The van der Waals surface area contributed by atoms with E-state index in [0.717, 1.165) is 34.2 Å². The minimum absolute atomic E-state index is 0.00834. The molecule has 0 fully saturated rings. The summed E-state index contributed by atoms with van der Waals surface area (Å²) in [7, 11) is 5.99. The number of quaternary nitrogens is 1. The molecule has 5 rings (SSSR count). The first-order chi connectivity index (χ1) is 24.7. The highest BCUT2D eigenvalue weighted by atomic mass is 35.5. The molecule has 0 saturated heterocycles. The molecule has 2 heterocycles. The number of carbonyl (C=O) groups excluding carboxylic acids is 2. The molecule has 0 aliphatic carbocycles. The maximum Gasteiger partial charge on any atom is 0.414 e. The summed E-state index contributed by atoms with van der Waals surface area (Å²) >= 11 is 14.2. The summed E-state index contributed by atoms with van der Waals surface area (Å²) in [5, 5.41) is 17.2. The molecular formula is C37H41Cl2FN5O6S+. The normalized spacial score (nSPS) is 13.3. The number of aromatic nitrogens is 2. The largest absolute Gasteiger partial charge is 0.490 e. The van der Waals surface area contributed by atoms with Gasteiger partial charge in [0.15, 0.2) is 0 Å². The van der Waals surface area contributed by atoms with Gasteiger partial charge < -0.3 is 24.4 Å². The van der Waals surface area contributed by atoms with Gasteiger partial charge in [0.2, 0.25) is 0 Å². The number of fused-ring (bicyclic) bond motifs is 1. The summed E-state index contributed by atoms with van der Waals surface area (Å²) in [4.78, 5) is 40.3. The number of amides is 2. The van der Waals surface area contributed by atoms with E-state index >= 15 is 4.39 Å². The lowest BCUT2D eigenvalue weighted by Crippen LogP contribution is -2.42. The first-order valence-electron chi connectivity index (χ1n) is 16.6. The van der Waals surface area contributed by atoms with Crippen LogP contribution in [0.2, 0.25) is 10.0 Å². The molecule has 276 valence electrons. The molecule has 15 heteroatoms. The number of aliphatic carboxylic acids is 1. The summed E-state index contributed by atoms with van der Waals surface area (Å²) in [5.41, 5.74) is 3.16. The zero-order chi connectivity index (χ0) is 37.6. The Balaban J connectivity index is 1.23. The van der Waals surface area contributed by atoms with Crippen molar-refractivity contribution < 1.29 is 37.8 Å². The maximum atomic E-state index is 15.4. The van der Waals surface area contributed by atoms with Gasteiger partial charge in [-0.05, 0) is 50.1 Å². The zero-order valence-corrected chi connectivity index (χ0v) is 31.7. The van der Waals surface area contributed by atoms with Gasteiger partial charge in [-0.15, -0.1) is 11.8 Å². The molecule has 4 aromatic rings. The molecule has 1 aliphatic rings. The molecule has 2 amide bonds. The summed E-state index contributed by atoms with van der Waals surface area (Å²) < 4.78 is 28.9. The quantitative estimate of drug-likeness (QED) is 0.102. The lowest BCUT2D eigenvalue weighted by molar-refractivity contribution is -0.870. The predicted octanol–water partition coefficient (Wildman–Crippen LogP) is 7.15. The van der Waals surface area contributed by atoms with E-state index in [1.807, 2.05) is 52.3 Å². The Morgan fingerprint density at radius 3 is 2.60 bits per heavy atom. The number of carboxylic acids is 1. The molecule has 0 radical (unpaired) electrons. The van der Waals surface area contributed by atoms with E-state index in [0.29, 0.717) is 39.7 Å². The van der Waals surface area contributed by atoms with Gasteiger partial charge in [-0.3, -0.25) is 14.4 Å². The fourth-order valence-corrected chi connectivity index (χ4v) is 7.25. The van der Waals surface area contributed by atoms with Gasteiger partial charge in [0.05, 0.1) is 46.1 Å². The third-order valence-electron chi connectivity index (χ3n) is 8.44. The van der Waals surface area contributed by atoms with Crippen LogP contribution in [0, 0.1) is 12.7 Å². The van der Waals surface area contributed by atoms with Crippen LogP contribution in [0.15, 0.2) is 65.8 Å². The van der Waals surface area contributed by atoms with Crippen molar-refractivity contribution >= 4 is 58.6 Å². The standard InChI is InChI=1S/C37H40Cl2FN5O6S/c1-23-28(38)9-6-12-33(23)50-15-16-51-37(49)44-13-17-52-34-26(8-5-11-32(34)44)25-20-41-43(21-25)22-27-29(39)18-24(19-30(27)40)35(46)42-31(36(47)48)10-7-14-45(2,3)4/h5-6,8-9,11-12,18-21,31H,7,10,13-17,22H2,1-4H3,(H-,42,46,47,48)/p+1/t31-/m0/s1. The number of thioether (sulfide) groups is 1. The van der Waals surface area contributed by atoms with E-state index in [2.05, 4.69) is 10.4 Å². The first-order valence-corrected chi connectivity index (χ1v) is 18.4. The van der Waals surface area contributed by atoms with Crippen LogP contribution in [0.5, 0.6) is 5.75 Å². The molecule has 52 heavy (non-hydrogen) atoms. The Bertz CT molecular complexity index is 1930. The molecule has 1 atom stereocenters. The van der Waals surface area contributed by atoms with Gasteiger partial charge in [-0.2, -0.15) is 5.10 Å². The lowest BCUT2D eigenvalue weighted by atomic mass is 10.1. The van der Waals surface area contributed by atoms with Crippen LogP contribution < -0.4 is 15.0 Å². The van der Waals surface area contributed by atoms with Crippen LogP contribution in [0.4, 0.5) is 14.9 Å². The number of nitrogens with zero attached hydrogens (tertiary/aromatic N) is 4. The molecule has 11 nitrogen and oxygen atoms in total. The Morgan fingerprint density at radius 1 is 1.10 bits per heavy atom. The highest BCUT2D eigenvalue weighted by molar-refractivity contribution is 7.99. The molecule has 1 aromatic heterocycles. The number of rotatable bonds is 14. The fraction of sp³-hybridized carbons (Fsp3) is 0.351. The van der Waals surface area contributed by atoms with Crippen molar-refractivity contribution in [2.45, 2.75) is 37.2 Å².